The number of nitrogens with one attached hydrogen (secondary N) is 2. The quantitative estimate of drug-likeness (QED) is 0.622. The Morgan fingerprint density at radius 3 is 2.68 bits per heavy atom. The molecule has 5 heteroatoms. The molecule has 0 radical (unpaired) electrons. The minimum Gasteiger partial charge on any atom is -0.357 e. The number of nitrogens with zero attached hydrogens (tertiary/aromatic N) is 2. The predicted molar refractivity (Wildman–Crippen MR) is 101 cm³/mol. The van der Waals surface area contributed by atoms with E-state index in [0.29, 0.717) is 12.1 Å². The molecule has 2 rings (SSSR count). The summed E-state index contributed by atoms with van der Waals surface area (Å²) in [4.78, 5) is 8.91. The third-order valence-corrected chi connectivity index (χ3v) is 4.04. The molecule has 0 saturated carbocycles. The molecule has 1 heterocycles. The van der Waals surface area contributed by atoms with Crippen LogP contribution in [0.2, 0.25) is 0 Å². The molecule has 1 unspecified atom stereocenters. The van der Waals surface area contributed by atoms with E-state index in [1.54, 1.807) is 19.1 Å². The standard InChI is InChI=1S/C20H27FN4/c1-5-22-20(23-11-10-17-8-7-15(3)24-13-17)25-16(4)18-9-6-14(2)19(21)12-18/h6-9,12-13,16H,5,10-11H2,1-4H3,(H2,22,23,25). The van der Waals surface area contributed by atoms with Gasteiger partial charge in [0.25, 0.3) is 0 Å². The minimum absolute atomic E-state index is 0.0334. The lowest BCUT2D eigenvalue weighted by molar-refractivity contribution is 0.607. The lowest BCUT2D eigenvalue weighted by atomic mass is 10.1. The molecule has 1 atom stereocenters. The van der Waals surface area contributed by atoms with Gasteiger partial charge in [0.15, 0.2) is 5.96 Å². The van der Waals surface area contributed by atoms with Crippen LogP contribution in [-0.4, -0.2) is 24.0 Å². The van der Waals surface area contributed by atoms with E-state index < -0.39 is 0 Å². The van der Waals surface area contributed by atoms with Gasteiger partial charge in [-0.15, -0.1) is 0 Å². The Kier molecular flexibility index (Phi) is 6.92. The van der Waals surface area contributed by atoms with Gasteiger partial charge in [-0.2, -0.15) is 0 Å². The van der Waals surface area contributed by atoms with Crippen LogP contribution in [0.1, 0.15) is 42.3 Å². The first kappa shape index (κ1) is 18.9. The molecule has 2 N–H and O–H groups in total. The zero-order valence-electron chi connectivity index (χ0n) is 15.4. The normalized spacial score (nSPS) is 12.8. The topological polar surface area (TPSA) is 49.3 Å². The molecule has 0 amide bonds. The summed E-state index contributed by atoms with van der Waals surface area (Å²) in [6.45, 7) is 9.20. The number of aryl methyl sites for hydroxylation is 2. The number of rotatable bonds is 6. The Hall–Kier alpha value is -2.43. The number of hydrogen-bond donors (Lipinski definition) is 2. The average molecular weight is 342 g/mol. The SMILES string of the molecule is CCNC(=NCCc1ccc(C)nc1)NC(C)c1ccc(C)c(F)c1. The fourth-order valence-electron chi connectivity index (χ4n) is 2.43. The fourth-order valence-corrected chi connectivity index (χ4v) is 2.43. The van der Waals surface area contributed by atoms with Crippen LogP contribution in [0.5, 0.6) is 0 Å². The second-order valence-corrected chi connectivity index (χ2v) is 6.19. The van der Waals surface area contributed by atoms with E-state index in [2.05, 4.69) is 26.7 Å². The molecule has 0 saturated heterocycles. The third-order valence-electron chi connectivity index (χ3n) is 4.04. The maximum absolute atomic E-state index is 13.8. The van der Waals surface area contributed by atoms with E-state index in [1.165, 1.54) is 5.56 Å². The first-order chi connectivity index (χ1) is 12.0. The van der Waals surface area contributed by atoms with Gasteiger partial charge in [-0.3, -0.25) is 9.98 Å². The van der Waals surface area contributed by atoms with Crippen molar-refractivity contribution >= 4 is 5.96 Å². The van der Waals surface area contributed by atoms with Gasteiger partial charge in [-0.25, -0.2) is 4.39 Å². The first-order valence-corrected chi connectivity index (χ1v) is 8.72. The van der Waals surface area contributed by atoms with Gasteiger partial charge in [-0.05, 0) is 62.9 Å². The molecule has 1 aromatic heterocycles. The van der Waals surface area contributed by atoms with Crippen LogP contribution in [0.25, 0.3) is 0 Å². The molecule has 4 nitrogen and oxygen atoms in total. The monoisotopic (exact) mass is 342 g/mol. The Morgan fingerprint density at radius 2 is 2.04 bits per heavy atom. The molecular weight excluding hydrogens is 315 g/mol. The molecule has 25 heavy (non-hydrogen) atoms. The smallest absolute Gasteiger partial charge is 0.191 e. The van der Waals surface area contributed by atoms with Crippen molar-refractivity contribution in [2.45, 2.75) is 40.2 Å². The van der Waals surface area contributed by atoms with Crippen molar-refractivity contribution in [2.24, 2.45) is 4.99 Å². The second kappa shape index (κ2) is 9.16. The number of pyridine rings is 1. The molecule has 0 aliphatic rings. The Balaban J connectivity index is 1.98. The van der Waals surface area contributed by atoms with Crippen molar-refractivity contribution in [3.63, 3.8) is 0 Å². The summed E-state index contributed by atoms with van der Waals surface area (Å²) in [5.74, 6) is 0.552. The summed E-state index contributed by atoms with van der Waals surface area (Å²) in [5.41, 5.74) is 3.74. The van der Waals surface area contributed by atoms with E-state index in [0.717, 1.165) is 30.2 Å². The van der Waals surface area contributed by atoms with Gasteiger partial charge in [0.2, 0.25) is 0 Å². The summed E-state index contributed by atoms with van der Waals surface area (Å²) in [5, 5.41) is 6.57. The van der Waals surface area contributed by atoms with E-state index in [-0.39, 0.29) is 11.9 Å². The Morgan fingerprint density at radius 1 is 1.24 bits per heavy atom. The highest BCUT2D eigenvalue weighted by Gasteiger charge is 2.09. The maximum Gasteiger partial charge on any atom is 0.191 e. The van der Waals surface area contributed by atoms with Crippen LogP contribution in [0.4, 0.5) is 4.39 Å². The predicted octanol–water partition coefficient (Wildman–Crippen LogP) is 3.70. The zero-order chi connectivity index (χ0) is 18.2. The summed E-state index contributed by atoms with van der Waals surface area (Å²) in [6, 6.07) is 9.38. The van der Waals surface area contributed by atoms with Gasteiger partial charge < -0.3 is 10.6 Å². The Bertz CT molecular complexity index is 710. The number of aromatic nitrogens is 1. The lowest BCUT2D eigenvalue weighted by Crippen LogP contribution is -2.38. The molecule has 0 fully saturated rings. The van der Waals surface area contributed by atoms with Crippen LogP contribution in [0.15, 0.2) is 41.5 Å². The van der Waals surface area contributed by atoms with Crippen molar-refractivity contribution in [3.8, 4) is 0 Å². The first-order valence-electron chi connectivity index (χ1n) is 8.72. The number of benzene rings is 1. The number of guanidine groups is 1. The van der Waals surface area contributed by atoms with Crippen LogP contribution >= 0.6 is 0 Å². The second-order valence-electron chi connectivity index (χ2n) is 6.19. The van der Waals surface area contributed by atoms with Crippen molar-refractivity contribution in [1.82, 2.24) is 15.6 Å². The third kappa shape index (κ3) is 5.85. The largest absolute Gasteiger partial charge is 0.357 e. The molecule has 0 spiro atoms. The van der Waals surface area contributed by atoms with Crippen LogP contribution < -0.4 is 10.6 Å². The minimum atomic E-state index is -0.181. The van der Waals surface area contributed by atoms with Crippen molar-refractivity contribution in [2.75, 3.05) is 13.1 Å². The molecular formula is C20H27FN4. The van der Waals surface area contributed by atoms with E-state index in [1.807, 2.05) is 39.1 Å². The summed E-state index contributed by atoms with van der Waals surface area (Å²) >= 11 is 0. The highest BCUT2D eigenvalue weighted by molar-refractivity contribution is 5.80. The van der Waals surface area contributed by atoms with Crippen molar-refractivity contribution in [3.05, 3.63) is 64.7 Å². The van der Waals surface area contributed by atoms with E-state index >= 15 is 0 Å². The average Bonchev–Trinajstić information content (AvgIpc) is 2.59. The number of halogens is 1. The zero-order valence-corrected chi connectivity index (χ0v) is 15.4. The van der Waals surface area contributed by atoms with Crippen molar-refractivity contribution in [1.29, 1.82) is 0 Å². The van der Waals surface area contributed by atoms with Gasteiger partial charge in [0.1, 0.15) is 5.82 Å². The molecule has 2 aromatic rings. The fraction of sp³-hybridized carbons (Fsp3) is 0.400. The number of aliphatic imine (C=N–C) groups is 1. The molecule has 1 aromatic carbocycles. The van der Waals surface area contributed by atoms with E-state index in [9.17, 15) is 4.39 Å². The highest BCUT2D eigenvalue weighted by atomic mass is 19.1. The van der Waals surface area contributed by atoms with E-state index in [4.69, 9.17) is 0 Å². The van der Waals surface area contributed by atoms with Gasteiger partial charge >= 0.3 is 0 Å². The van der Waals surface area contributed by atoms with Gasteiger partial charge in [0.05, 0.1) is 6.04 Å². The summed E-state index contributed by atoms with van der Waals surface area (Å²) in [6.07, 6.45) is 2.72. The van der Waals surface area contributed by atoms with Crippen molar-refractivity contribution < 1.29 is 4.39 Å². The summed E-state index contributed by atoms with van der Waals surface area (Å²) < 4.78 is 13.8. The number of hydrogen-bond acceptors (Lipinski definition) is 2. The highest BCUT2D eigenvalue weighted by Crippen LogP contribution is 2.16. The Labute approximate surface area is 149 Å². The maximum atomic E-state index is 13.8. The molecule has 134 valence electrons. The molecule has 0 bridgehead atoms. The molecule has 0 aliphatic carbocycles. The van der Waals surface area contributed by atoms with Crippen LogP contribution in [0, 0.1) is 19.7 Å². The summed E-state index contributed by atoms with van der Waals surface area (Å²) in [7, 11) is 0. The van der Waals surface area contributed by atoms with Crippen LogP contribution in [0.3, 0.4) is 0 Å². The van der Waals surface area contributed by atoms with Crippen LogP contribution in [-0.2, 0) is 6.42 Å². The van der Waals surface area contributed by atoms with Gasteiger partial charge in [-0.1, -0.05) is 18.2 Å². The van der Waals surface area contributed by atoms with Gasteiger partial charge in [0, 0.05) is 25.0 Å². The lowest BCUT2D eigenvalue weighted by Gasteiger charge is -2.18. The molecule has 0 aliphatic heterocycles.